The zero-order chi connectivity index (χ0) is 31.1. The Morgan fingerprint density at radius 2 is 1.76 bits per heavy atom. The number of hydrogen-bond donors (Lipinski definition) is 1. The minimum absolute atomic E-state index is 0.000782. The van der Waals surface area contributed by atoms with Crippen LogP contribution in [0, 0.1) is 0 Å². The largest absolute Gasteiger partial charge is 0.507 e. The monoisotopic (exact) mass is 606 g/mol. The molecule has 0 saturated carbocycles. The normalized spacial score (nSPS) is 15.2. The fourth-order valence-corrected chi connectivity index (χ4v) is 6.17. The van der Waals surface area contributed by atoms with E-state index in [1.54, 1.807) is 18.2 Å². The van der Waals surface area contributed by atoms with Crippen LogP contribution in [0.15, 0.2) is 82.2 Å². The Balaban J connectivity index is 1.26. The Labute approximate surface area is 258 Å². The molecule has 45 heavy (non-hydrogen) atoms. The van der Waals surface area contributed by atoms with Crippen molar-refractivity contribution < 1.29 is 38.0 Å². The lowest BCUT2D eigenvalue weighted by Gasteiger charge is -2.27. The smallest absolute Gasteiger partial charge is 0.312 e. The van der Waals surface area contributed by atoms with Gasteiger partial charge in [-0.3, -0.25) is 9.59 Å². The van der Waals surface area contributed by atoms with Gasteiger partial charge in [0.25, 0.3) is 0 Å². The second kappa shape index (κ2) is 11.6. The van der Waals surface area contributed by atoms with Crippen molar-refractivity contribution in [3.63, 3.8) is 0 Å². The van der Waals surface area contributed by atoms with Crippen molar-refractivity contribution in [3.8, 4) is 45.6 Å². The summed E-state index contributed by atoms with van der Waals surface area (Å²) in [5, 5.41) is 11.0. The highest BCUT2D eigenvalue weighted by Gasteiger charge is 2.35. The quantitative estimate of drug-likeness (QED) is 0.163. The van der Waals surface area contributed by atoms with Crippen LogP contribution in [0.2, 0.25) is 0 Å². The molecular weight excluding hydrogens is 576 g/mol. The zero-order valence-corrected chi connectivity index (χ0v) is 24.8. The molecule has 2 aliphatic rings. The van der Waals surface area contributed by atoms with Gasteiger partial charge in [-0.15, -0.1) is 0 Å². The SMILES string of the molecule is COc1ccc(-c2coc3c4c(cc(O)c3c2=O)OC(=O)CC4c2ccccc2OCCc2ccc3c(c2)CCO3)cc1OC. The average molecular weight is 607 g/mol. The predicted octanol–water partition coefficient (Wildman–Crippen LogP) is 6.18. The number of ether oxygens (including phenoxy) is 5. The molecule has 1 atom stereocenters. The summed E-state index contributed by atoms with van der Waals surface area (Å²) in [6, 6.07) is 20.1. The molecule has 2 aliphatic heterocycles. The van der Waals surface area contributed by atoms with Gasteiger partial charge >= 0.3 is 5.97 Å². The Kier molecular flexibility index (Phi) is 7.29. The minimum atomic E-state index is -0.548. The minimum Gasteiger partial charge on any atom is -0.507 e. The van der Waals surface area contributed by atoms with Gasteiger partial charge in [0.1, 0.15) is 40.2 Å². The summed E-state index contributed by atoms with van der Waals surface area (Å²) in [6.45, 7) is 1.12. The van der Waals surface area contributed by atoms with Crippen LogP contribution in [0.1, 0.15) is 34.6 Å². The first kappa shape index (κ1) is 28.3. The molecule has 0 amide bonds. The first-order valence-electron chi connectivity index (χ1n) is 14.7. The molecule has 228 valence electrons. The number of aromatic hydroxyl groups is 1. The number of methoxy groups -OCH3 is 2. The molecule has 0 bridgehead atoms. The average Bonchev–Trinajstić information content (AvgIpc) is 3.52. The second-order valence-corrected chi connectivity index (χ2v) is 11.0. The summed E-state index contributed by atoms with van der Waals surface area (Å²) < 4.78 is 34.3. The molecule has 0 aliphatic carbocycles. The van der Waals surface area contributed by atoms with Crippen LogP contribution < -0.4 is 29.1 Å². The number of phenolic OH excluding ortho intramolecular Hbond substituents is 1. The molecule has 7 rings (SSSR count). The van der Waals surface area contributed by atoms with E-state index in [9.17, 15) is 14.7 Å². The highest BCUT2D eigenvalue weighted by Crippen LogP contribution is 2.47. The lowest BCUT2D eigenvalue weighted by atomic mass is 9.84. The van der Waals surface area contributed by atoms with Crippen molar-refractivity contribution >= 4 is 16.9 Å². The molecule has 4 aromatic carbocycles. The Morgan fingerprint density at radius 3 is 2.60 bits per heavy atom. The highest BCUT2D eigenvalue weighted by atomic mass is 16.5. The zero-order valence-electron chi connectivity index (χ0n) is 24.8. The van der Waals surface area contributed by atoms with E-state index >= 15 is 0 Å². The van der Waals surface area contributed by atoms with Crippen LogP contribution in [0.5, 0.6) is 34.5 Å². The highest BCUT2D eigenvalue weighted by molar-refractivity contribution is 5.94. The van der Waals surface area contributed by atoms with Gasteiger partial charge in [-0.1, -0.05) is 36.4 Å². The first-order valence-corrected chi connectivity index (χ1v) is 14.7. The van der Waals surface area contributed by atoms with Gasteiger partial charge in [-0.05, 0) is 41.0 Å². The van der Waals surface area contributed by atoms with Crippen molar-refractivity contribution in [2.75, 3.05) is 27.4 Å². The maximum absolute atomic E-state index is 13.9. The first-order chi connectivity index (χ1) is 21.9. The van der Waals surface area contributed by atoms with Crippen molar-refractivity contribution in [1.82, 2.24) is 0 Å². The number of esters is 1. The molecule has 0 fully saturated rings. The third-order valence-corrected chi connectivity index (χ3v) is 8.36. The van der Waals surface area contributed by atoms with Gasteiger partial charge in [-0.25, -0.2) is 0 Å². The summed E-state index contributed by atoms with van der Waals surface area (Å²) in [5.41, 5.74) is 4.05. The van der Waals surface area contributed by atoms with Gasteiger partial charge in [0, 0.05) is 36.0 Å². The molecule has 5 aromatic rings. The molecule has 1 unspecified atom stereocenters. The Hall–Kier alpha value is -5.44. The van der Waals surface area contributed by atoms with E-state index in [0.717, 1.165) is 23.3 Å². The van der Waals surface area contributed by atoms with E-state index < -0.39 is 17.3 Å². The van der Waals surface area contributed by atoms with E-state index in [1.807, 2.05) is 36.4 Å². The fourth-order valence-electron chi connectivity index (χ4n) is 6.17. The van der Waals surface area contributed by atoms with Crippen LogP contribution in [-0.4, -0.2) is 38.5 Å². The Bertz CT molecular complexity index is 2010. The van der Waals surface area contributed by atoms with Crippen molar-refractivity contribution in [2.24, 2.45) is 0 Å². The second-order valence-electron chi connectivity index (χ2n) is 11.0. The predicted molar refractivity (Wildman–Crippen MR) is 166 cm³/mol. The maximum atomic E-state index is 13.9. The van der Waals surface area contributed by atoms with E-state index in [2.05, 4.69) is 6.07 Å². The summed E-state index contributed by atoms with van der Waals surface area (Å²) in [6.07, 6.45) is 2.94. The number of phenols is 1. The fraction of sp³-hybridized carbons (Fsp3) is 0.222. The van der Waals surface area contributed by atoms with Crippen LogP contribution in [0.4, 0.5) is 0 Å². The molecule has 0 radical (unpaired) electrons. The maximum Gasteiger partial charge on any atom is 0.312 e. The van der Waals surface area contributed by atoms with Gasteiger partial charge in [0.15, 0.2) is 11.5 Å². The van der Waals surface area contributed by atoms with Gasteiger partial charge in [-0.2, -0.15) is 0 Å². The number of carbonyl (C=O) groups is 1. The standard InChI is InChI=1S/C36H30O9/c1-40-29-10-8-21(16-30(29)41-2)25-19-44-36-33-24(17-32(38)45-31(33)18-26(37)34(36)35(25)39)23-5-3-4-6-28(23)43-13-11-20-7-9-27-22(15-20)12-14-42-27/h3-10,15-16,18-19,24,37H,11-14,17H2,1-2H3. The summed E-state index contributed by atoms with van der Waals surface area (Å²) in [4.78, 5) is 26.7. The topological polar surface area (TPSA) is 114 Å². The molecule has 0 spiro atoms. The molecule has 9 heteroatoms. The Morgan fingerprint density at radius 1 is 0.911 bits per heavy atom. The van der Waals surface area contributed by atoms with Gasteiger partial charge < -0.3 is 33.2 Å². The lowest BCUT2D eigenvalue weighted by molar-refractivity contribution is -0.135. The van der Waals surface area contributed by atoms with Crippen molar-refractivity contribution in [1.29, 1.82) is 0 Å². The molecule has 1 N–H and O–H groups in total. The molecule has 3 heterocycles. The van der Waals surface area contributed by atoms with Crippen LogP contribution >= 0.6 is 0 Å². The molecular formula is C36H30O9. The van der Waals surface area contributed by atoms with E-state index in [0.29, 0.717) is 48.0 Å². The van der Waals surface area contributed by atoms with Gasteiger partial charge in [0.2, 0.25) is 5.43 Å². The number of hydrogen-bond acceptors (Lipinski definition) is 9. The summed E-state index contributed by atoms with van der Waals surface area (Å²) in [7, 11) is 3.04. The van der Waals surface area contributed by atoms with Crippen LogP contribution in [0.3, 0.4) is 0 Å². The molecule has 9 nitrogen and oxygen atoms in total. The third kappa shape index (κ3) is 5.10. The van der Waals surface area contributed by atoms with E-state index in [-0.39, 0.29) is 34.5 Å². The number of carbonyl (C=O) groups excluding carboxylic acids is 1. The van der Waals surface area contributed by atoms with Crippen LogP contribution in [0.25, 0.3) is 22.1 Å². The van der Waals surface area contributed by atoms with Crippen molar-refractivity contribution in [3.05, 3.63) is 105 Å². The van der Waals surface area contributed by atoms with E-state index in [4.69, 9.17) is 28.1 Å². The van der Waals surface area contributed by atoms with E-state index in [1.165, 1.54) is 32.1 Å². The number of fused-ring (bicyclic) bond motifs is 4. The molecule has 1 aromatic heterocycles. The van der Waals surface area contributed by atoms with Crippen LogP contribution in [-0.2, 0) is 17.6 Å². The number of rotatable bonds is 8. The summed E-state index contributed by atoms with van der Waals surface area (Å²) >= 11 is 0. The lowest BCUT2D eigenvalue weighted by Crippen LogP contribution is -2.22. The number of para-hydroxylation sites is 1. The third-order valence-electron chi connectivity index (χ3n) is 8.36. The van der Waals surface area contributed by atoms with Gasteiger partial charge in [0.05, 0.1) is 39.4 Å². The molecule has 0 saturated heterocycles. The van der Waals surface area contributed by atoms with Crippen molar-refractivity contribution in [2.45, 2.75) is 25.2 Å². The number of benzene rings is 4. The summed E-state index contributed by atoms with van der Waals surface area (Å²) in [5.74, 6) is 1.27.